The van der Waals surface area contributed by atoms with Gasteiger partial charge in [-0.05, 0) is 56.5 Å². The first-order chi connectivity index (χ1) is 8.70. The van der Waals surface area contributed by atoms with Gasteiger partial charge in [0.1, 0.15) is 0 Å². The summed E-state index contributed by atoms with van der Waals surface area (Å²) in [4.78, 5) is 2.59. The highest BCUT2D eigenvalue weighted by Gasteiger charge is 2.44. The highest BCUT2D eigenvalue weighted by Crippen LogP contribution is 2.48. The Labute approximate surface area is 108 Å². The van der Waals surface area contributed by atoms with Crippen LogP contribution in [0.1, 0.15) is 31.0 Å². The maximum Gasteiger partial charge on any atom is 0.0780 e. The highest BCUT2D eigenvalue weighted by molar-refractivity contribution is 5.70. The van der Waals surface area contributed by atoms with Crippen LogP contribution in [0.5, 0.6) is 0 Å². The van der Waals surface area contributed by atoms with Crippen LogP contribution in [0.3, 0.4) is 0 Å². The first kappa shape index (κ1) is 10.2. The summed E-state index contributed by atoms with van der Waals surface area (Å²) in [6.45, 7) is 5.73. The van der Waals surface area contributed by atoms with Crippen molar-refractivity contribution in [1.82, 2.24) is 4.57 Å². The van der Waals surface area contributed by atoms with Crippen LogP contribution in [-0.4, -0.2) is 11.1 Å². The summed E-state index contributed by atoms with van der Waals surface area (Å²) in [5.41, 5.74) is 5.69. The lowest BCUT2D eigenvalue weighted by Gasteiger charge is -2.43. The molecule has 1 aromatic heterocycles. The van der Waals surface area contributed by atoms with E-state index in [1.165, 1.54) is 42.0 Å². The second-order valence-electron chi connectivity index (χ2n) is 5.78. The third-order valence-corrected chi connectivity index (χ3v) is 4.62. The molecule has 2 aliphatic rings. The first-order valence-corrected chi connectivity index (χ1v) is 6.77. The van der Waals surface area contributed by atoms with E-state index < -0.39 is 0 Å². The van der Waals surface area contributed by atoms with Gasteiger partial charge in [0.05, 0.1) is 16.9 Å². The quantitative estimate of drug-likeness (QED) is 0.680. The van der Waals surface area contributed by atoms with Crippen LogP contribution in [0.15, 0.2) is 36.5 Å². The van der Waals surface area contributed by atoms with Gasteiger partial charge in [-0.1, -0.05) is 6.07 Å². The lowest BCUT2D eigenvalue weighted by molar-refractivity contribution is 0.457. The molecule has 3 heterocycles. The Morgan fingerprint density at radius 1 is 1.17 bits per heavy atom. The summed E-state index contributed by atoms with van der Waals surface area (Å²) in [6, 6.07) is 11.3. The maximum absolute atomic E-state index is 2.59. The van der Waals surface area contributed by atoms with Crippen LogP contribution in [0.2, 0.25) is 0 Å². The summed E-state index contributed by atoms with van der Waals surface area (Å²) in [7, 11) is 0. The van der Waals surface area contributed by atoms with Crippen LogP contribution < -0.4 is 4.90 Å². The molecule has 0 bridgehead atoms. The molecule has 0 spiro atoms. The SMILES string of the molecule is Cc1ccc2c(c1)-n1cccc1C1(C)CCCN21. The molecule has 1 fully saturated rings. The van der Waals surface area contributed by atoms with Crippen LogP contribution >= 0.6 is 0 Å². The zero-order valence-electron chi connectivity index (χ0n) is 11.0. The van der Waals surface area contributed by atoms with E-state index in [4.69, 9.17) is 0 Å². The number of anilines is 1. The monoisotopic (exact) mass is 238 g/mol. The molecule has 0 saturated carbocycles. The summed E-state index contributed by atoms with van der Waals surface area (Å²) < 4.78 is 2.38. The minimum atomic E-state index is 0.186. The van der Waals surface area contributed by atoms with Crippen molar-refractivity contribution in [3.05, 3.63) is 47.8 Å². The van der Waals surface area contributed by atoms with E-state index in [1.807, 2.05) is 0 Å². The molecule has 2 heteroatoms. The zero-order valence-corrected chi connectivity index (χ0v) is 11.0. The average molecular weight is 238 g/mol. The smallest absolute Gasteiger partial charge is 0.0780 e. The number of nitrogens with zero attached hydrogens (tertiary/aromatic N) is 2. The Morgan fingerprint density at radius 2 is 2.06 bits per heavy atom. The van der Waals surface area contributed by atoms with Gasteiger partial charge in [-0.15, -0.1) is 0 Å². The number of hydrogen-bond donors (Lipinski definition) is 0. The molecular weight excluding hydrogens is 220 g/mol. The van der Waals surface area contributed by atoms with Gasteiger partial charge in [-0.25, -0.2) is 0 Å². The molecule has 1 atom stereocenters. The molecule has 2 nitrogen and oxygen atoms in total. The van der Waals surface area contributed by atoms with Crippen molar-refractivity contribution in [2.24, 2.45) is 0 Å². The van der Waals surface area contributed by atoms with Crippen molar-refractivity contribution in [2.45, 2.75) is 32.2 Å². The topological polar surface area (TPSA) is 8.17 Å². The van der Waals surface area contributed by atoms with Gasteiger partial charge < -0.3 is 9.47 Å². The third kappa shape index (κ3) is 1.08. The molecule has 1 saturated heterocycles. The van der Waals surface area contributed by atoms with Crippen molar-refractivity contribution in [2.75, 3.05) is 11.4 Å². The van der Waals surface area contributed by atoms with E-state index >= 15 is 0 Å². The van der Waals surface area contributed by atoms with Gasteiger partial charge in [-0.3, -0.25) is 0 Å². The summed E-state index contributed by atoms with van der Waals surface area (Å²) in [5, 5.41) is 0. The largest absolute Gasteiger partial charge is 0.359 e. The van der Waals surface area contributed by atoms with Crippen molar-refractivity contribution in [1.29, 1.82) is 0 Å². The number of fused-ring (bicyclic) bond motifs is 6. The number of benzene rings is 1. The molecule has 2 aromatic rings. The molecule has 4 rings (SSSR count). The van der Waals surface area contributed by atoms with E-state index in [0.29, 0.717) is 0 Å². The average Bonchev–Trinajstić information content (AvgIpc) is 2.95. The van der Waals surface area contributed by atoms with Crippen molar-refractivity contribution < 1.29 is 0 Å². The van der Waals surface area contributed by atoms with Crippen LogP contribution in [0, 0.1) is 6.92 Å². The standard InChI is InChI=1S/C16H18N2/c1-12-6-7-13-14(11-12)17-9-3-5-15(17)16(2)8-4-10-18(13)16/h3,5-7,9,11H,4,8,10H2,1-2H3. The zero-order chi connectivity index (χ0) is 12.3. The van der Waals surface area contributed by atoms with Crippen molar-refractivity contribution in [3.63, 3.8) is 0 Å². The Kier molecular flexibility index (Phi) is 1.82. The van der Waals surface area contributed by atoms with E-state index in [-0.39, 0.29) is 5.54 Å². The fourth-order valence-corrected chi connectivity index (χ4v) is 3.70. The van der Waals surface area contributed by atoms with E-state index in [2.05, 4.69) is 59.8 Å². The van der Waals surface area contributed by atoms with Gasteiger partial charge in [-0.2, -0.15) is 0 Å². The number of aromatic nitrogens is 1. The molecule has 18 heavy (non-hydrogen) atoms. The van der Waals surface area contributed by atoms with Gasteiger partial charge >= 0.3 is 0 Å². The number of aryl methyl sites for hydroxylation is 1. The molecule has 0 radical (unpaired) electrons. The minimum absolute atomic E-state index is 0.186. The molecule has 1 aromatic carbocycles. The third-order valence-electron chi connectivity index (χ3n) is 4.62. The molecule has 0 aliphatic carbocycles. The molecule has 1 unspecified atom stereocenters. The van der Waals surface area contributed by atoms with Crippen molar-refractivity contribution >= 4 is 5.69 Å². The van der Waals surface area contributed by atoms with Gasteiger partial charge in [0, 0.05) is 18.4 Å². The number of hydrogen-bond acceptors (Lipinski definition) is 1. The number of rotatable bonds is 0. The highest BCUT2D eigenvalue weighted by atomic mass is 15.3. The second kappa shape index (κ2) is 3.19. The summed E-state index contributed by atoms with van der Waals surface area (Å²) in [6.07, 6.45) is 4.74. The van der Waals surface area contributed by atoms with Gasteiger partial charge in [0.15, 0.2) is 0 Å². The predicted molar refractivity (Wildman–Crippen MR) is 74.4 cm³/mol. The molecule has 92 valence electrons. The molecule has 0 N–H and O–H groups in total. The van der Waals surface area contributed by atoms with E-state index in [1.54, 1.807) is 0 Å². The van der Waals surface area contributed by atoms with Crippen LogP contribution in [-0.2, 0) is 5.54 Å². The fourth-order valence-electron chi connectivity index (χ4n) is 3.70. The molecule has 0 amide bonds. The summed E-state index contributed by atoms with van der Waals surface area (Å²) >= 11 is 0. The van der Waals surface area contributed by atoms with Crippen molar-refractivity contribution in [3.8, 4) is 5.69 Å². The lowest BCUT2D eigenvalue weighted by atomic mass is 9.91. The van der Waals surface area contributed by atoms with Gasteiger partial charge in [0.2, 0.25) is 0 Å². The normalized spacial score (nSPS) is 24.7. The van der Waals surface area contributed by atoms with E-state index in [0.717, 1.165) is 0 Å². The Balaban J connectivity index is 2.07. The lowest BCUT2D eigenvalue weighted by Crippen LogP contribution is -2.43. The Hall–Kier alpha value is -1.70. The van der Waals surface area contributed by atoms with Crippen LogP contribution in [0.4, 0.5) is 5.69 Å². The van der Waals surface area contributed by atoms with Gasteiger partial charge in [0.25, 0.3) is 0 Å². The predicted octanol–water partition coefficient (Wildman–Crippen LogP) is 3.61. The second-order valence-corrected chi connectivity index (χ2v) is 5.78. The fraction of sp³-hybridized carbons (Fsp3) is 0.375. The Bertz CT molecular complexity index is 626. The first-order valence-electron chi connectivity index (χ1n) is 6.77. The summed E-state index contributed by atoms with van der Waals surface area (Å²) in [5.74, 6) is 0. The Morgan fingerprint density at radius 3 is 2.94 bits per heavy atom. The molecular formula is C16H18N2. The minimum Gasteiger partial charge on any atom is -0.359 e. The maximum atomic E-state index is 2.59. The van der Waals surface area contributed by atoms with Crippen LogP contribution in [0.25, 0.3) is 5.69 Å². The van der Waals surface area contributed by atoms with E-state index in [9.17, 15) is 0 Å². The molecule has 2 aliphatic heterocycles.